The van der Waals surface area contributed by atoms with Crippen LogP contribution in [0, 0.1) is 0 Å². The van der Waals surface area contributed by atoms with Gasteiger partial charge in [-0.25, -0.2) is 4.79 Å². The molecule has 2 aromatic rings. The number of imide groups is 1. The van der Waals surface area contributed by atoms with Gasteiger partial charge in [-0.15, -0.1) is 0 Å². The maximum Gasteiger partial charge on any atom is 0.322 e. The molecule has 0 saturated carbocycles. The number of likely N-dealkylation sites (tertiary alicyclic amines) is 1. The molecule has 6 nitrogen and oxygen atoms in total. The number of nitrogens with one attached hydrogen (secondary N) is 2. The van der Waals surface area contributed by atoms with E-state index in [0.717, 1.165) is 16.3 Å². The van der Waals surface area contributed by atoms with Gasteiger partial charge in [0.15, 0.2) is 0 Å². The number of nitrogens with zero attached hydrogens (tertiary/aromatic N) is 1. The number of benzene rings is 2. The lowest BCUT2D eigenvalue weighted by Gasteiger charge is -2.36. The highest BCUT2D eigenvalue weighted by Crippen LogP contribution is 2.26. The molecule has 2 aliphatic heterocycles. The molecule has 2 fully saturated rings. The average molecular weight is 349 g/mol. The summed E-state index contributed by atoms with van der Waals surface area (Å²) >= 11 is 0. The van der Waals surface area contributed by atoms with Crippen molar-refractivity contribution in [2.45, 2.75) is 18.4 Å². The number of piperidine rings is 1. The van der Waals surface area contributed by atoms with Crippen molar-refractivity contribution in [1.82, 2.24) is 15.5 Å². The van der Waals surface area contributed by atoms with Gasteiger partial charge >= 0.3 is 6.03 Å². The van der Waals surface area contributed by atoms with Gasteiger partial charge in [-0.05, 0) is 35.3 Å². The van der Waals surface area contributed by atoms with Crippen LogP contribution in [0.3, 0.4) is 0 Å². The van der Waals surface area contributed by atoms with Crippen molar-refractivity contribution in [3.63, 3.8) is 0 Å². The molecule has 4 amide bonds. The number of fused-ring (bicyclic) bond motifs is 1. The van der Waals surface area contributed by atoms with Gasteiger partial charge in [0.05, 0.1) is 0 Å². The zero-order chi connectivity index (χ0) is 18.1. The van der Waals surface area contributed by atoms with Crippen LogP contribution in [0.5, 0.6) is 0 Å². The van der Waals surface area contributed by atoms with E-state index in [1.54, 1.807) is 11.0 Å². The Kier molecular flexibility index (Phi) is 3.95. The fraction of sp³-hybridized carbons (Fsp3) is 0.250. The number of amides is 4. The van der Waals surface area contributed by atoms with Gasteiger partial charge < -0.3 is 10.2 Å². The first-order valence-corrected chi connectivity index (χ1v) is 8.66. The van der Waals surface area contributed by atoms with Crippen LogP contribution < -0.4 is 10.6 Å². The highest BCUT2D eigenvalue weighted by atomic mass is 16.2. The second kappa shape index (κ2) is 6.29. The molecule has 0 radical (unpaired) electrons. The van der Waals surface area contributed by atoms with Crippen LogP contribution >= 0.6 is 0 Å². The van der Waals surface area contributed by atoms with Crippen molar-refractivity contribution >= 4 is 34.7 Å². The molecule has 0 aromatic heterocycles. The maximum absolute atomic E-state index is 12.5. The molecule has 132 valence electrons. The minimum Gasteiger partial charge on any atom is -0.339 e. The molecule has 2 aromatic carbocycles. The topological polar surface area (TPSA) is 78.5 Å². The summed E-state index contributed by atoms with van der Waals surface area (Å²) in [6.45, 7) is 0.874. The van der Waals surface area contributed by atoms with Crippen LogP contribution in [0.25, 0.3) is 16.8 Å². The lowest BCUT2D eigenvalue weighted by Crippen LogP contribution is -2.55. The molecule has 26 heavy (non-hydrogen) atoms. The zero-order valence-corrected chi connectivity index (χ0v) is 14.2. The SMILES string of the molecule is O=C1NC(=O)C2(CCN(C(=O)C=Cc3cccc4ccccc34)CC2)N1. The number of carbonyl (C=O) groups is 3. The molecular weight excluding hydrogens is 330 g/mol. The third-order valence-electron chi connectivity index (χ3n) is 5.17. The number of hydrogen-bond acceptors (Lipinski definition) is 3. The van der Waals surface area contributed by atoms with E-state index in [0.29, 0.717) is 25.9 Å². The molecule has 0 atom stereocenters. The van der Waals surface area contributed by atoms with Gasteiger partial charge in [0.2, 0.25) is 5.91 Å². The zero-order valence-electron chi connectivity index (χ0n) is 14.2. The summed E-state index contributed by atoms with van der Waals surface area (Å²) in [6.07, 6.45) is 4.27. The van der Waals surface area contributed by atoms with Crippen molar-refractivity contribution in [3.05, 3.63) is 54.1 Å². The lowest BCUT2D eigenvalue weighted by atomic mass is 9.87. The van der Waals surface area contributed by atoms with E-state index in [9.17, 15) is 14.4 Å². The van der Waals surface area contributed by atoms with Gasteiger partial charge in [0, 0.05) is 19.2 Å². The fourth-order valence-electron chi connectivity index (χ4n) is 3.65. The Bertz CT molecular complexity index is 922. The molecule has 0 bridgehead atoms. The monoisotopic (exact) mass is 349 g/mol. The molecule has 4 rings (SSSR count). The summed E-state index contributed by atoms with van der Waals surface area (Å²) in [5.41, 5.74) is 0.139. The molecular formula is C20H19N3O3. The Morgan fingerprint density at radius 3 is 2.50 bits per heavy atom. The summed E-state index contributed by atoms with van der Waals surface area (Å²) in [5, 5.41) is 7.21. The molecule has 0 unspecified atom stereocenters. The molecule has 6 heteroatoms. The Morgan fingerprint density at radius 2 is 1.77 bits per heavy atom. The van der Waals surface area contributed by atoms with Gasteiger partial charge in [0.1, 0.15) is 5.54 Å². The van der Waals surface area contributed by atoms with Crippen LogP contribution in [0.4, 0.5) is 4.79 Å². The third-order valence-corrected chi connectivity index (χ3v) is 5.17. The quantitative estimate of drug-likeness (QED) is 0.643. The smallest absolute Gasteiger partial charge is 0.322 e. The largest absolute Gasteiger partial charge is 0.339 e. The summed E-state index contributed by atoms with van der Waals surface area (Å²) in [4.78, 5) is 37.6. The van der Waals surface area contributed by atoms with Crippen LogP contribution in [0.15, 0.2) is 48.5 Å². The highest BCUT2D eigenvalue weighted by Gasteiger charge is 2.48. The predicted octanol–water partition coefficient (Wildman–Crippen LogP) is 2.05. The molecule has 2 heterocycles. The Labute approximate surface area is 150 Å². The second-order valence-electron chi connectivity index (χ2n) is 6.72. The van der Waals surface area contributed by atoms with Crippen molar-refractivity contribution < 1.29 is 14.4 Å². The average Bonchev–Trinajstić information content (AvgIpc) is 2.93. The van der Waals surface area contributed by atoms with Gasteiger partial charge in [-0.3, -0.25) is 14.9 Å². The van der Waals surface area contributed by atoms with Gasteiger partial charge in [0.25, 0.3) is 5.91 Å². The summed E-state index contributed by atoms with van der Waals surface area (Å²) in [5.74, 6) is -0.376. The van der Waals surface area contributed by atoms with Crippen molar-refractivity contribution in [3.8, 4) is 0 Å². The van der Waals surface area contributed by atoms with Crippen molar-refractivity contribution in [1.29, 1.82) is 0 Å². The lowest BCUT2D eigenvalue weighted by molar-refractivity contribution is -0.132. The van der Waals surface area contributed by atoms with E-state index < -0.39 is 11.6 Å². The molecule has 0 aliphatic carbocycles. The highest BCUT2D eigenvalue weighted by molar-refractivity contribution is 6.07. The third kappa shape index (κ3) is 2.83. The van der Waals surface area contributed by atoms with Gasteiger partial charge in [-0.2, -0.15) is 0 Å². The Hall–Kier alpha value is -3.15. The molecule has 2 saturated heterocycles. The van der Waals surface area contributed by atoms with E-state index in [4.69, 9.17) is 0 Å². The standard InChI is InChI=1S/C20H19N3O3/c24-17(9-8-15-6-3-5-14-4-1-2-7-16(14)15)23-12-10-20(11-13-23)18(25)21-19(26)22-20/h1-9H,10-13H2,(H2,21,22,25,26). The first-order valence-electron chi connectivity index (χ1n) is 8.66. The van der Waals surface area contributed by atoms with Crippen molar-refractivity contribution in [2.24, 2.45) is 0 Å². The van der Waals surface area contributed by atoms with E-state index in [1.165, 1.54) is 0 Å². The molecule has 1 spiro atoms. The normalized spacial score (nSPS) is 19.2. The Balaban J connectivity index is 1.45. The maximum atomic E-state index is 12.5. The van der Waals surface area contributed by atoms with Crippen LogP contribution in [0.2, 0.25) is 0 Å². The van der Waals surface area contributed by atoms with Crippen molar-refractivity contribution in [2.75, 3.05) is 13.1 Å². The van der Waals surface area contributed by atoms with Crippen LogP contribution in [0.1, 0.15) is 18.4 Å². The number of hydrogen-bond donors (Lipinski definition) is 2. The predicted molar refractivity (Wildman–Crippen MR) is 98.2 cm³/mol. The molecule has 2 N–H and O–H groups in total. The van der Waals surface area contributed by atoms with E-state index in [-0.39, 0.29) is 11.8 Å². The first kappa shape index (κ1) is 16.3. The molecule has 2 aliphatic rings. The number of rotatable bonds is 2. The summed E-state index contributed by atoms with van der Waals surface area (Å²) < 4.78 is 0. The first-order chi connectivity index (χ1) is 12.6. The number of carbonyl (C=O) groups excluding carboxylic acids is 3. The van der Waals surface area contributed by atoms with E-state index >= 15 is 0 Å². The summed E-state index contributed by atoms with van der Waals surface area (Å²) in [7, 11) is 0. The minimum atomic E-state index is -0.854. The summed E-state index contributed by atoms with van der Waals surface area (Å²) in [6, 6.07) is 13.6. The van der Waals surface area contributed by atoms with Gasteiger partial charge in [-0.1, -0.05) is 42.5 Å². The van der Waals surface area contributed by atoms with E-state index in [1.807, 2.05) is 48.5 Å². The van der Waals surface area contributed by atoms with Crippen LogP contribution in [-0.4, -0.2) is 41.4 Å². The van der Waals surface area contributed by atoms with Crippen LogP contribution in [-0.2, 0) is 9.59 Å². The second-order valence-corrected chi connectivity index (χ2v) is 6.72. The number of urea groups is 1. The minimum absolute atomic E-state index is 0.0856. The fourth-order valence-corrected chi connectivity index (χ4v) is 3.65. The van der Waals surface area contributed by atoms with E-state index in [2.05, 4.69) is 10.6 Å². The Morgan fingerprint density at radius 1 is 1.04 bits per heavy atom.